The second-order valence-corrected chi connectivity index (χ2v) is 6.04. The first kappa shape index (κ1) is 12.4. The van der Waals surface area contributed by atoms with E-state index < -0.39 is 5.41 Å². The van der Waals surface area contributed by atoms with Gasteiger partial charge in [0, 0.05) is 13.1 Å². The average Bonchev–Trinajstić information content (AvgIpc) is 2.22. The summed E-state index contributed by atoms with van der Waals surface area (Å²) in [5, 5.41) is 9.26. The topological polar surface area (TPSA) is 53.3 Å². The van der Waals surface area contributed by atoms with Crippen molar-refractivity contribution in [2.45, 2.75) is 39.2 Å². The van der Waals surface area contributed by atoms with Crippen LogP contribution in [0.25, 0.3) is 0 Å². The van der Waals surface area contributed by atoms with Crippen LogP contribution in [0.15, 0.2) is 0 Å². The first-order chi connectivity index (χ1) is 7.88. The van der Waals surface area contributed by atoms with E-state index in [1.807, 2.05) is 13.8 Å². The lowest BCUT2D eigenvalue weighted by Gasteiger charge is -2.46. The van der Waals surface area contributed by atoms with Crippen LogP contribution in [0.4, 0.5) is 0 Å². The summed E-state index contributed by atoms with van der Waals surface area (Å²) >= 11 is 0. The van der Waals surface area contributed by atoms with Gasteiger partial charge in [-0.25, -0.2) is 0 Å². The highest BCUT2D eigenvalue weighted by molar-refractivity contribution is 5.86. The van der Waals surface area contributed by atoms with Gasteiger partial charge in [-0.05, 0) is 32.6 Å². The summed E-state index contributed by atoms with van der Waals surface area (Å²) in [5.74, 6) is 0.502. The fraction of sp³-hybridized carbons (Fsp3) is 0.846. The monoisotopic (exact) mass is 236 g/mol. The Labute approximate surface area is 103 Å². The molecule has 2 aliphatic rings. The molecule has 0 aromatic rings. The number of nitriles is 1. The van der Waals surface area contributed by atoms with E-state index in [9.17, 15) is 10.1 Å². The van der Waals surface area contributed by atoms with Crippen molar-refractivity contribution >= 4 is 5.91 Å². The Hall–Kier alpha value is -1.08. The molecule has 0 unspecified atom stereocenters. The molecule has 17 heavy (non-hydrogen) atoms. The molecule has 0 aromatic heterocycles. The highest BCUT2D eigenvalue weighted by Gasteiger charge is 2.51. The molecule has 1 aliphatic carbocycles. The van der Waals surface area contributed by atoms with Crippen molar-refractivity contribution in [2.24, 2.45) is 11.3 Å². The van der Waals surface area contributed by atoms with E-state index in [-0.39, 0.29) is 11.5 Å². The number of ether oxygens (including phenoxy) is 1. The van der Waals surface area contributed by atoms with Crippen LogP contribution in [0.5, 0.6) is 0 Å². The Bertz CT molecular complexity index is 364. The van der Waals surface area contributed by atoms with Gasteiger partial charge in [-0.3, -0.25) is 4.79 Å². The van der Waals surface area contributed by atoms with Crippen molar-refractivity contribution in [3.05, 3.63) is 0 Å². The summed E-state index contributed by atoms with van der Waals surface area (Å²) in [7, 11) is 0. The predicted octanol–water partition coefficient (Wildman–Crippen LogP) is 1.56. The van der Waals surface area contributed by atoms with Crippen LogP contribution in [-0.2, 0) is 9.53 Å². The highest BCUT2D eigenvalue weighted by Crippen LogP contribution is 2.46. The molecule has 1 aliphatic heterocycles. The third-order valence-corrected chi connectivity index (χ3v) is 3.73. The van der Waals surface area contributed by atoms with Gasteiger partial charge in [0.15, 0.2) is 0 Å². The Kier molecular flexibility index (Phi) is 2.90. The molecular weight excluding hydrogens is 216 g/mol. The van der Waals surface area contributed by atoms with Crippen molar-refractivity contribution in [3.8, 4) is 6.07 Å². The van der Waals surface area contributed by atoms with Crippen molar-refractivity contribution in [1.82, 2.24) is 4.90 Å². The summed E-state index contributed by atoms with van der Waals surface area (Å²) in [6, 6.07) is 2.24. The van der Waals surface area contributed by atoms with Crippen LogP contribution in [0.1, 0.15) is 33.6 Å². The molecule has 1 heterocycles. The van der Waals surface area contributed by atoms with Gasteiger partial charge in [-0.2, -0.15) is 5.26 Å². The Morgan fingerprint density at radius 3 is 2.59 bits per heavy atom. The zero-order valence-corrected chi connectivity index (χ0v) is 10.8. The lowest BCUT2D eigenvalue weighted by atomic mass is 9.62. The van der Waals surface area contributed by atoms with Crippen LogP contribution in [0.3, 0.4) is 0 Å². The molecule has 0 atom stereocenters. The van der Waals surface area contributed by atoms with E-state index >= 15 is 0 Å². The number of amides is 1. The lowest BCUT2D eigenvalue weighted by Crippen LogP contribution is -2.57. The minimum absolute atomic E-state index is 0.00877. The number of hydrogen-bond donors (Lipinski definition) is 0. The summed E-state index contributed by atoms with van der Waals surface area (Å²) in [6.45, 7) is 7.81. The van der Waals surface area contributed by atoms with Crippen molar-refractivity contribution in [3.63, 3.8) is 0 Å². The maximum Gasteiger partial charge on any atom is 0.243 e. The van der Waals surface area contributed by atoms with Crippen molar-refractivity contribution in [2.75, 3.05) is 19.7 Å². The molecule has 2 fully saturated rings. The second kappa shape index (κ2) is 3.99. The molecule has 4 heteroatoms. The minimum atomic E-state index is -0.743. The average molecular weight is 236 g/mol. The minimum Gasteiger partial charge on any atom is -0.372 e. The van der Waals surface area contributed by atoms with E-state index in [1.54, 1.807) is 4.90 Å². The Balaban J connectivity index is 2.08. The predicted molar refractivity (Wildman–Crippen MR) is 63.1 cm³/mol. The largest absolute Gasteiger partial charge is 0.372 e. The van der Waals surface area contributed by atoms with Gasteiger partial charge < -0.3 is 9.64 Å². The smallest absolute Gasteiger partial charge is 0.243 e. The van der Waals surface area contributed by atoms with Crippen LogP contribution >= 0.6 is 0 Å². The standard InChI is InChI=1S/C13H20N2O2/c1-10-6-13(7-10,8-14)11(16)15-4-5-17-12(2,3)9-15/h10H,4-7,9H2,1-3H3. The van der Waals surface area contributed by atoms with Gasteiger partial charge in [-0.15, -0.1) is 0 Å². The summed E-state index contributed by atoms with van der Waals surface area (Å²) in [6.07, 6.45) is 1.42. The number of rotatable bonds is 1. The molecule has 1 amide bonds. The number of morpholine rings is 1. The van der Waals surface area contributed by atoms with Gasteiger partial charge >= 0.3 is 0 Å². The van der Waals surface area contributed by atoms with E-state index in [2.05, 4.69) is 13.0 Å². The fourth-order valence-electron chi connectivity index (χ4n) is 2.94. The zero-order valence-electron chi connectivity index (χ0n) is 10.8. The van der Waals surface area contributed by atoms with E-state index in [0.717, 1.165) is 0 Å². The first-order valence-corrected chi connectivity index (χ1v) is 6.23. The number of carbonyl (C=O) groups is 1. The number of nitrogens with zero attached hydrogens (tertiary/aromatic N) is 2. The van der Waals surface area contributed by atoms with Crippen molar-refractivity contribution < 1.29 is 9.53 Å². The maximum atomic E-state index is 12.4. The molecular formula is C13H20N2O2. The summed E-state index contributed by atoms with van der Waals surface area (Å²) in [4.78, 5) is 14.2. The second-order valence-electron chi connectivity index (χ2n) is 6.04. The first-order valence-electron chi connectivity index (χ1n) is 6.23. The summed E-state index contributed by atoms with van der Waals surface area (Å²) < 4.78 is 5.59. The third kappa shape index (κ3) is 2.16. The van der Waals surface area contributed by atoms with Gasteiger partial charge in [0.25, 0.3) is 0 Å². The molecule has 0 bridgehead atoms. The molecule has 4 nitrogen and oxygen atoms in total. The highest BCUT2D eigenvalue weighted by atomic mass is 16.5. The zero-order chi connectivity index (χ0) is 12.7. The molecule has 0 spiro atoms. The van der Waals surface area contributed by atoms with Crippen LogP contribution in [0.2, 0.25) is 0 Å². The SMILES string of the molecule is CC1CC(C#N)(C(=O)N2CCOC(C)(C)C2)C1. The number of hydrogen-bond acceptors (Lipinski definition) is 3. The van der Waals surface area contributed by atoms with Gasteiger partial charge in [0.1, 0.15) is 5.41 Å². The normalized spacial score (nSPS) is 35.9. The van der Waals surface area contributed by atoms with E-state index in [1.165, 1.54) is 0 Å². The summed E-state index contributed by atoms with van der Waals surface area (Å²) in [5.41, 5.74) is -1.03. The Morgan fingerprint density at radius 1 is 1.47 bits per heavy atom. The molecule has 0 radical (unpaired) electrons. The third-order valence-electron chi connectivity index (χ3n) is 3.73. The fourth-order valence-corrected chi connectivity index (χ4v) is 2.94. The van der Waals surface area contributed by atoms with Crippen LogP contribution in [-0.4, -0.2) is 36.1 Å². The van der Waals surface area contributed by atoms with E-state index in [0.29, 0.717) is 38.5 Å². The molecule has 0 aromatic carbocycles. The van der Waals surface area contributed by atoms with Crippen LogP contribution < -0.4 is 0 Å². The van der Waals surface area contributed by atoms with Gasteiger partial charge in [-0.1, -0.05) is 6.92 Å². The molecule has 0 N–H and O–H groups in total. The molecule has 94 valence electrons. The quantitative estimate of drug-likeness (QED) is 0.694. The molecule has 2 rings (SSSR count). The number of carbonyl (C=O) groups excluding carboxylic acids is 1. The molecule has 1 saturated heterocycles. The van der Waals surface area contributed by atoms with Gasteiger partial charge in [0.2, 0.25) is 5.91 Å². The van der Waals surface area contributed by atoms with Gasteiger partial charge in [0.05, 0.1) is 18.3 Å². The molecule has 1 saturated carbocycles. The maximum absolute atomic E-state index is 12.4. The lowest BCUT2D eigenvalue weighted by molar-refractivity contribution is -0.159. The van der Waals surface area contributed by atoms with Crippen molar-refractivity contribution in [1.29, 1.82) is 5.26 Å². The Morgan fingerprint density at radius 2 is 2.12 bits per heavy atom. The van der Waals surface area contributed by atoms with E-state index in [4.69, 9.17) is 4.74 Å². The van der Waals surface area contributed by atoms with Crippen LogP contribution in [0, 0.1) is 22.7 Å².